The zero-order valence-corrected chi connectivity index (χ0v) is 11.3. The van der Waals surface area contributed by atoms with Crippen LogP contribution in [0, 0.1) is 11.7 Å². The zero-order valence-electron chi connectivity index (χ0n) is 8.93. The summed E-state index contributed by atoms with van der Waals surface area (Å²) in [5, 5.41) is 0.153. The molecule has 84 valence electrons. The van der Waals surface area contributed by atoms with Crippen molar-refractivity contribution in [3.8, 4) is 0 Å². The van der Waals surface area contributed by atoms with Crippen molar-refractivity contribution < 1.29 is 4.39 Å². The Balaban J connectivity index is 2.76. The Morgan fingerprint density at radius 2 is 2.13 bits per heavy atom. The molecule has 2 unspecified atom stereocenters. The molecule has 0 aliphatic carbocycles. The summed E-state index contributed by atoms with van der Waals surface area (Å²) in [7, 11) is 0. The van der Waals surface area contributed by atoms with Gasteiger partial charge in [-0.1, -0.05) is 26.0 Å². The van der Waals surface area contributed by atoms with E-state index < -0.39 is 0 Å². The van der Waals surface area contributed by atoms with Crippen molar-refractivity contribution in [3.05, 3.63) is 34.1 Å². The molecule has 0 amide bonds. The maximum absolute atomic E-state index is 13.2. The van der Waals surface area contributed by atoms with Gasteiger partial charge in [0.2, 0.25) is 0 Å². The smallest absolute Gasteiger partial charge is 0.137 e. The van der Waals surface area contributed by atoms with Crippen molar-refractivity contribution in [2.24, 2.45) is 5.92 Å². The van der Waals surface area contributed by atoms with Crippen LogP contribution >= 0.6 is 27.5 Å². The molecule has 0 aliphatic rings. The van der Waals surface area contributed by atoms with E-state index in [2.05, 4.69) is 29.8 Å². The first-order chi connectivity index (χ1) is 7.06. The lowest BCUT2D eigenvalue weighted by atomic mass is 9.96. The minimum atomic E-state index is -0.206. The minimum absolute atomic E-state index is 0.153. The number of alkyl halides is 1. The Hall–Kier alpha value is -0.0800. The monoisotopic (exact) mass is 292 g/mol. The van der Waals surface area contributed by atoms with Gasteiger partial charge in [0.05, 0.1) is 4.47 Å². The van der Waals surface area contributed by atoms with Gasteiger partial charge < -0.3 is 0 Å². The van der Waals surface area contributed by atoms with Crippen molar-refractivity contribution in [2.45, 2.75) is 32.1 Å². The number of halogens is 3. The average molecular weight is 294 g/mol. The van der Waals surface area contributed by atoms with Gasteiger partial charge in [0.25, 0.3) is 0 Å². The lowest BCUT2D eigenvalue weighted by Gasteiger charge is -2.17. The molecule has 0 saturated carbocycles. The number of hydrogen-bond donors (Lipinski definition) is 0. The third-order valence-electron chi connectivity index (χ3n) is 2.58. The van der Waals surface area contributed by atoms with Crippen molar-refractivity contribution in [1.29, 1.82) is 0 Å². The quantitative estimate of drug-likeness (QED) is 0.701. The highest BCUT2D eigenvalue weighted by Crippen LogP contribution is 2.26. The van der Waals surface area contributed by atoms with Crippen molar-refractivity contribution >= 4 is 27.5 Å². The van der Waals surface area contributed by atoms with Crippen LogP contribution in [-0.2, 0) is 6.42 Å². The largest absolute Gasteiger partial charge is 0.206 e. The first kappa shape index (κ1) is 13.0. The van der Waals surface area contributed by atoms with Crippen LogP contribution in [0.5, 0.6) is 0 Å². The first-order valence-corrected chi connectivity index (χ1v) is 6.36. The molecule has 0 nitrogen and oxygen atoms in total. The molecule has 1 aromatic carbocycles. The van der Waals surface area contributed by atoms with Gasteiger partial charge in [-0.3, -0.25) is 0 Å². The van der Waals surface area contributed by atoms with Crippen molar-refractivity contribution in [2.75, 3.05) is 0 Å². The van der Waals surface area contributed by atoms with Crippen molar-refractivity contribution in [1.82, 2.24) is 0 Å². The SMILES string of the molecule is CCC(Cl)C(C)Cc1cccc(F)c1Br. The standard InChI is InChI=1S/C12H15BrClF/c1-3-10(14)8(2)7-9-5-4-6-11(15)12(9)13/h4-6,8,10H,3,7H2,1-2H3. The highest BCUT2D eigenvalue weighted by atomic mass is 79.9. The predicted molar refractivity (Wildman–Crippen MR) is 66.9 cm³/mol. The summed E-state index contributed by atoms with van der Waals surface area (Å²) in [6.45, 7) is 4.16. The number of hydrogen-bond acceptors (Lipinski definition) is 0. The summed E-state index contributed by atoms with van der Waals surface area (Å²) >= 11 is 9.41. The third-order valence-corrected chi connectivity index (χ3v) is 4.21. The molecule has 0 saturated heterocycles. The summed E-state index contributed by atoms with van der Waals surface area (Å²) in [5.41, 5.74) is 0.988. The molecule has 0 fully saturated rings. The van der Waals surface area contributed by atoms with E-state index in [1.54, 1.807) is 6.07 Å². The fourth-order valence-electron chi connectivity index (χ4n) is 1.58. The van der Waals surface area contributed by atoms with Crippen LogP contribution in [0.2, 0.25) is 0 Å². The topological polar surface area (TPSA) is 0 Å². The van der Waals surface area contributed by atoms with E-state index in [0.717, 1.165) is 18.4 Å². The van der Waals surface area contributed by atoms with Crippen LogP contribution in [-0.4, -0.2) is 5.38 Å². The molecule has 15 heavy (non-hydrogen) atoms. The lowest BCUT2D eigenvalue weighted by molar-refractivity contribution is 0.527. The Labute approximate surface area is 104 Å². The molecule has 0 spiro atoms. The van der Waals surface area contributed by atoms with E-state index in [9.17, 15) is 4.39 Å². The molecule has 0 aromatic heterocycles. The van der Waals surface area contributed by atoms with Gasteiger partial charge in [0.1, 0.15) is 5.82 Å². The van der Waals surface area contributed by atoms with E-state index in [1.165, 1.54) is 6.07 Å². The van der Waals surface area contributed by atoms with Gasteiger partial charge in [0, 0.05) is 5.38 Å². The minimum Gasteiger partial charge on any atom is -0.206 e. The summed E-state index contributed by atoms with van der Waals surface area (Å²) in [6, 6.07) is 5.12. The third kappa shape index (κ3) is 3.46. The fraction of sp³-hybridized carbons (Fsp3) is 0.500. The van der Waals surface area contributed by atoms with E-state index in [4.69, 9.17) is 11.6 Å². The second kappa shape index (κ2) is 5.86. The van der Waals surface area contributed by atoms with Gasteiger partial charge in [-0.15, -0.1) is 11.6 Å². The maximum Gasteiger partial charge on any atom is 0.137 e. The molecule has 1 aromatic rings. The second-order valence-electron chi connectivity index (χ2n) is 3.82. The molecular formula is C12H15BrClF. The molecule has 0 radical (unpaired) electrons. The van der Waals surface area contributed by atoms with Gasteiger partial charge in [-0.05, 0) is 46.3 Å². The molecule has 3 heteroatoms. The second-order valence-corrected chi connectivity index (χ2v) is 5.17. The van der Waals surface area contributed by atoms with Gasteiger partial charge >= 0.3 is 0 Å². The molecule has 2 atom stereocenters. The van der Waals surface area contributed by atoms with E-state index in [1.807, 2.05) is 6.07 Å². The highest BCUT2D eigenvalue weighted by Gasteiger charge is 2.15. The Kier molecular flexibility index (Phi) is 5.07. The van der Waals surface area contributed by atoms with E-state index in [0.29, 0.717) is 10.4 Å². The van der Waals surface area contributed by atoms with Crippen molar-refractivity contribution in [3.63, 3.8) is 0 Å². The van der Waals surface area contributed by atoms with Crippen LogP contribution < -0.4 is 0 Å². The van der Waals surface area contributed by atoms with Crippen LogP contribution in [0.25, 0.3) is 0 Å². The fourth-order valence-corrected chi connectivity index (χ4v) is 2.10. The van der Waals surface area contributed by atoms with Crippen LogP contribution in [0.1, 0.15) is 25.8 Å². The Morgan fingerprint density at radius 1 is 1.47 bits per heavy atom. The summed E-state index contributed by atoms with van der Waals surface area (Å²) in [5.74, 6) is 0.150. The predicted octanol–water partition coefficient (Wildman–Crippen LogP) is 4.78. The summed E-state index contributed by atoms with van der Waals surface area (Å²) in [6.07, 6.45) is 1.75. The van der Waals surface area contributed by atoms with Gasteiger partial charge in [-0.25, -0.2) is 4.39 Å². The summed E-state index contributed by atoms with van der Waals surface area (Å²) < 4.78 is 13.8. The lowest BCUT2D eigenvalue weighted by Crippen LogP contribution is -2.13. The molecular weight excluding hydrogens is 278 g/mol. The molecule has 0 bridgehead atoms. The molecule has 1 rings (SSSR count). The molecule has 0 aliphatic heterocycles. The Bertz CT molecular complexity index is 327. The van der Waals surface area contributed by atoms with Crippen LogP contribution in [0.4, 0.5) is 4.39 Å². The maximum atomic E-state index is 13.2. The molecule has 0 N–H and O–H groups in total. The Morgan fingerprint density at radius 3 is 2.73 bits per heavy atom. The first-order valence-electron chi connectivity index (χ1n) is 5.13. The zero-order chi connectivity index (χ0) is 11.4. The van der Waals surface area contributed by atoms with Crippen LogP contribution in [0.3, 0.4) is 0 Å². The highest BCUT2D eigenvalue weighted by molar-refractivity contribution is 9.10. The normalized spacial score (nSPS) is 15.0. The van der Waals surface area contributed by atoms with Crippen LogP contribution in [0.15, 0.2) is 22.7 Å². The van der Waals surface area contributed by atoms with Gasteiger partial charge in [0.15, 0.2) is 0 Å². The van der Waals surface area contributed by atoms with E-state index in [-0.39, 0.29) is 11.2 Å². The molecule has 0 heterocycles. The van der Waals surface area contributed by atoms with Gasteiger partial charge in [-0.2, -0.15) is 0 Å². The number of rotatable bonds is 4. The van der Waals surface area contributed by atoms with E-state index >= 15 is 0 Å². The average Bonchev–Trinajstić information content (AvgIpc) is 2.23. The number of benzene rings is 1. The summed E-state index contributed by atoms with van der Waals surface area (Å²) in [4.78, 5) is 0.